The van der Waals surface area contributed by atoms with Crippen LogP contribution in [0.4, 0.5) is 36.4 Å². The van der Waals surface area contributed by atoms with E-state index in [0.717, 1.165) is 13.1 Å². The number of hydrogen-bond acceptors (Lipinski definition) is 8. The highest BCUT2D eigenvalue weighted by molar-refractivity contribution is 6.32. The number of alkyl halides is 3. The minimum atomic E-state index is -4.50. The van der Waals surface area contributed by atoms with Crippen LogP contribution in [0.3, 0.4) is 0 Å². The van der Waals surface area contributed by atoms with Crippen LogP contribution in [0, 0.1) is 0 Å². The van der Waals surface area contributed by atoms with Gasteiger partial charge in [0.1, 0.15) is 22.3 Å². The van der Waals surface area contributed by atoms with Crippen molar-refractivity contribution >= 4 is 34.9 Å². The molecule has 152 valence electrons. The lowest BCUT2D eigenvalue weighted by molar-refractivity contribution is -0.153. The van der Waals surface area contributed by atoms with Gasteiger partial charge in [0, 0.05) is 26.2 Å². The fourth-order valence-electron chi connectivity index (χ4n) is 2.56. The van der Waals surface area contributed by atoms with E-state index in [2.05, 4.69) is 25.2 Å². The molecule has 3 heterocycles. The highest BCUT2D eigenvalue weighted by atomic mass is 35.5. The molecule has 0 atom stereocenters. The number of pyridine rings is 1. The molecule has 28 heavy (non-hydrogen) atoms. The molecule has 2 aromatic rings. The summed E-state index contributed by atoms with van der Waals surface area (Å²) in [6.07, 6.45) is -3.21. The summed E-state index contributed by atoms with van der Waals surface area (Å²) in [5, 5.41) is 2.94. The summed E-state index contributed by atoms with van der Waals surface area (Å²) in [4.78, 5) is 16.3. The molecule has 0 amide bonds. The van der Waals surface area contributed by atoms with Crippen LogP contribution in [0.2, 0.25) is 5.02 Å². The van der Waals surface area contributed by atoms with Gasteiger partial charge in [-0.25, -0.2) is 4.98 Å². The van der Waals surface area contributed by atoms with Crippen molar-refractivity contribution < 1.29 is 17.9 Å². The lowest BCUT2D eigenvalue weighted by Gasteiger charge is -2.33. The summed E-state index contributed by atoms with van der Waals surface area (Å²) < 4.78 is 42.9. The zero-order chi connectivity index (χ0) is 20.3. The third kappa shape index (κ3) is 5.26. The number of nitrogens with one attached hydrogen (secondary N) is 1. The maximum absolute atomic E-state index is 12.7. The molecule has 12 heteroatoms. The first-order valence-electron chi connectivity index (χ1n) is 8.40. The summed E-state index contributed by atoms with van der Waals surface area (Å²) in [6, 6.07) is 3.27. The van der Waals surface area contributed by atoms with Crippen molar-refractivity contribution in [2.75, 3.05) is 55.8 Å². The fraction of sp³-hybridized carbons (Fsp3) is 0.438. The number of ether oxygens (including phenoxy) is 1. The first-order chi connectivity index (χ1) is 13.2. The van der Waals surface area contributed by atoms with Crippen molar-refractivity contribution in [3.8, 4) is 5.88 Å². The molecule has 0 bridgehead atoms. The van der Waals surface area contributed by atoms with Crippen LogP contribution in [0.5, 0.6) is 5.88 Å². The minimum absolute atomic E-state index is 0.0407. The Balaban J connectivity index is 1.85. The Morgan fingerprint density at radius 3 is 2.57 bits per heavy atom. The van der Waals surface area contributed by atoms with Crippen molar-refractivity contribution in [3.05, 3.63) is 23.4 Å². The summed E-state index contributed by atoms with van der Waals surface area (Å²) >= 11 is 5.78. The lowest BCUT2D eigenvalue weighted by atomic mass is 10.3. The van der Waals surface area contributed by atoms with Crippen molar-refractivity contribution in [2.24, 2.45) is 0 Å². The van der Waals surface area contributed by atoms with Crippen LogP contribution in [-0.2, 0) is 0 Å². The topological polar surface area (TPSA) is 92.4 Å². The van der Waals surface area contributed by atoms with Gasteiger partial charge in [-0.1, -0.05) is 11.6 Å². The molecule has 1 saturated heterocycles. The van der Waals surface area contributed by atoms with E-state index < -0.39 is 12.8 Å². The summed E-state index contributed by atoms with van der Waals surface area (Å²) in [5.41, 5.74) is 5.82. The standard InChI is InChI=1S/C16H19ClF3N7O/c1-26-4-6-27(7-5-26)12-3-2-11(14(24-12)28-9-16(18,19)20)23-15-22-8-10(17)13(21)25-15/h2-3,8H,4-7,9H2,1H3,(H3,21,22,23,25). The normalized spacial score (nSPS) is 15.5. The molecule has 0 saturated carbocycles. The second kappa shape index (κ2) is 8.23. The smallest absolute Gasteiger partial charge is 0.422 e. The lowest BCUT2D eigenvalue weighted by Crippen LogP contribution is -2.44. The van der Waals surface area contributed by atoms with Gasteiger partial charge >= 0.3 is 6.18 Å². The average molecular weight is 418 g/mol. The number of anilines is 4. The quantitative estimate of drug-likeness (QED) is 0.766. The minimum Gasteiger partial charge on any atom is -0.466 e. The monoisotopic (exact) mass is 417 g/mol. The van der Waals surface area contributed by atoms with Gasteiger partial charge in [0.25, 0.3) is 0 Å². The Kier molecular flexibility index (Phi) is 5.94. The predicted molar refractivity (Wildman–Crippen MR) is 100 cm³/mol. The van der Waals surface area contributed by atoms with Crippen LogP contribution in [0.15, 0.2) is 18.3 Å². The van der Waals surface area contributed by atoms with Gasteiger partial charge in [-0.3, -0.25) is 0 Å². The highest BCUT2D eigenvalue weighted by Gasteiger charge is 2.29. The van der Waals surface area contributed by atoms with E-state index >= 15 is 0 Å². The molecule has 8 nitrogen and oxygen atoms in total. The molecular formula is C16H19ClF3N7O. The third-order valence-electron chi connectivity index (χ3n) is 4.06. The summed E-state index contributed by atoms with van der Waals surface area (Å²) in [7, 11) is 2.01. The molecule has 1 fully saturated rings. The molecule has 3 rings (SSSR count). The second-order valence-corrected chi connectivity index (χ2v) is 6.68. The van der Waals surface area contributed by atoms with Crippen LogP contribution >= 0.6 is 11.6 Å². The number of nitrogens with two attached hydrogens (primary N) is 1. The first kappa shape index (κ1) is 20.2. The van der Waals surface area contributed by atoms with Crippen LogP contribution < -0.4 is 20.7 Å². The van der Waals surface area contributed by atoms with Gasteiger partial charge in [0.05, 0.1) is 6.20 Å². The average Bonchev–Trinajstić information content (AvgIpc) is 2.64. The van der Waals surface area contributed by atoms with Gasteiger partial charge in [-0.2, -0.15) is 23.1 Å². The van der Waals surface area contributed by atoms with Gasteiger partial charge in [-0.15, -0.1) is 0 Å². The Labute approximate surface area is 164 Å². The SMILES string of the molecule is CN1CCN(c2ccc(Nc3ncc(Cl)c(N)n3)c(OCC(F)(F)F)n2)CC1. The number of hydrogen-bond donors (Lipinski definition) is 2. The van der Waals surface area contributed by atoms with Gasteiger partial charge < -0.3 is 25.6 Å². The van der Waals surface area contributed by atoms with E-state index in [1.54, 1.807) is 12.1 Å². The molecule has 2 aromatic heterocycles. The zero-order valence-corrected chi connectivity index (χ0v) is 15.8. The largest absolute Gasteiger partial charge is 0.466 e. The molecule has 0 spiro atoms. The number of nitrogen functional groups attached to an aromatic ring is 1. The summed E-state index contributed by atoms with van der Waals surface area (Å²) in [6.45, 7) is 1.62. The van der Waals surface area contributed by atoms with E-state index in [1.165, 1.54) is 6.20 Å². The number of likely N-dealkylation sites (N-methyl/N-ethyl adjacent to an activating group) is 1. The van der Waals surface area contributed by atoms with E-state index in [4.69, 9.17) is 22.1 Å². The van der Waals surface area contributed by atoms with Gasteiger partial charge in [0.15, 0.2) is 6.61 Å². The molecule has 3 N–H and O–H groups in total. The molecular weight excluding hydrogens is 399 g/mol. The number of rotatable bonds is 5. The highest BCUT2D eigenvalue weighted by Crippen LogP contribution is 2.30. The number of nitrogens with zero attached hydrogens (tertiary/aromatic N) is 5. The molecule has 0 radical (unpaired) electrons. The maximum Gasteiger partial charge on any atom is 0.422 e. The first-order valence-corrected chi connectivity index (χ1v) is 8.78. The number of piperazine rings is 1. The van der Waals surface area contributed by atoms with Crippen LogP contribution in [0.25, 0.3) is 0 Å². The fourth-order valence-corrected chi connectivity index (χ4v) is 2.65. The van der Waals surface area contributed by atoms with Crippen molar-refractivity contribution in [2.45, 2.75) is 6.18 Å². The van der Waals surface area contributed by atoms with E-state index in [-0.39, 0.29) is 28.4 Å². The van der Waals surface area contributed by atoms with Crippen molar-refractivity contribution in [1.29, 1.82) is 0 Å². The Hall–Kier alpha value is -2.53. The molecule has 0 aromatic carbocycles. The maximum atomic E-state index is 12.7. The van der Waals surface area contributed by atoms with Gasteiger partial charge in [-0.05, 0) is 19.2 Å². The van der Waals surface area contributed by atoms with E-state index in [1.807, 2.05) is 11.9 Å². The summed E-state index contributed by atoms with van der Waals surface area (Å²) in [5.74, 6) is 0.435. The third-order valence-corrected chi connectivity index (χ3v) is 4.35. The van der Waals surface area contributed by atoms with Crippen molar-refractivity contribution in [1.82, 2.24) is 19.9 Å². The molecule has 1 aliphatic rings. The van der Waals surface area contributed by atoms with E-state index in [9.17, 15) is 13.2 Å². The predicted octanol–water partition coefficient (Wildman–Crippen LogP) is 2.54. The Morgan fingerprint density at radius 1 is 1.21 bits per heavy atom. The van der Waals surface area contributed by atoms with Crippen LogP contribution in [0.1, 0.15) is 0 Å². The van der Waals surface area contributed by atoms with Crippen molar-refractivity contribution in [3.63, 3.8) is 0 Å². The van der Waals surface area contributed by atoms with Gasteiger partial charge in [0.2, 0.25) is 11.8 Å². The second-order valence-electron chi connectivity index (χ2n) is 6.27. The Morgan fingerprint density at radius 2 is 1.93 bits per heavy atom. The zero-order valence-electron chi connectivity index (χ0n) is 15.0. The molecule has 1 aliphatic heterocycles. The number of aromatic nitrogens is 3. The number of halogens is 4. The van der Waals surface area contributed by atoms with Crippen LogP contribution in [-0.4, -0.2) is 65.9 Å². The van der Waals surface area contributed by atoms with E-state index in [0.29, 0.717) is 18.9 Å². The molecule has 0 aliphatic carbocycles. The Bertz CT molecular complexity index is 828. The molecule has 0 unspecified atom stereocenters.